The molecular weight excluding hydrogens is 459 g/mol. The van der Waals surface area contributed by atoms with Crippen LogP contribution in [-0.2, 0) is 0 Å². The Morgan fingerprint density at radius 3 is 2.71 bits per heavy atom. The van der Waals surface area contributed by atoms with Gasteiger partial charge in [0.25, 0.3) is 0 Å². The van der Waals surface area contributed by atoms with Gasteiger partial charge in [-0.1, -0.05) is 17.7 Å². The molecule has 0 saturated carbocycles. The van der Waals surface area contributed by atoms with Crippen LogP contribution < -0.4 is 0 Å². The molecule has 1 fully saturated rings. The van der Waals surface area contributed by atoms with Crippen LogP contribution in [0.2, 0.25) is 0 Å². The lowest BCUT2D eigenvalue weighted by Gasteiger charge is -2.23. The van der Waals surface area contributed by atoms with E-state index in [9.17, 15) is 4.39 Å². The van der Waals surface area contributed by atoms with Gasteiger partial charge in [0.1, 0.15) is 11.5 Å². The number of hydrogen-bond donors (Lipinski definition) is 2. The van der Waals surface area contributed by atoms with E-state index in [4.69, 9.17) is 10.2 Å². The van der Waals surface area contributed by atoms with E-state index in [2.05, 4.69) is 61.5 Å². The third-order valence-corrected chi connectivity index (χ3v) is 6.95. The first-order chi connectivity index (χ1) is 17.0. The number of thioether (sulfide) groups is 1. The third-order valence-electron chi connectivity index (χ3n) is 5.67. The normalized spacial score (nSPS) is 15.6. The second-order valence-electron chi connectivity index (χ2n) is 8.01. The number of aryl methyl sites for hydroxylation is 1. The van der Waals surface area contributed by atoms with Crippen molar-refractivity contribution in [3.8, 4) is 29.9 Å². The molecule has 0 aliphatic carbocycles. The zero-order valence-corrected chi connectivity index (χ0v) is 21.6. The predicted molar refractivity (Wildman–Crippen MR) is 146 cm³/mol. The molecule has 1 aliphatic heterocycles. The zero-order chi connectivity index (χ0) is 25.8. The molecule has 0 bridgehead atoms. The number of hydrogen-bond acceptors (Lipinski definition) is 4. The van der Waals surface area contributed by atoms with Crippen molar-refractivity contribution in [2.75, 3.05) is 25.4 Å². The van der Waals surface area contributed by atoms with E-state index < -0.39 is 0 Å². The number of terminal acetylenes is 1. The van der Waals surface area contributed by atoms with E-state index in [1.807, 2.05) is 34.8 Å². The molecule has 2 N–H and O–H groups in total. The summed E-state index contributed by atoms with van der Waals surface area (Å²) in [5, 5.41) is 12.9. The van der Waals surface area contributed by atoms with E-state index in [-0.39, 0.29) is 17.8 Å². The van der Waals surface area contributed by atoms with Gasteiger partial charge in [-0.25, -0.2) is 9.07 Å². The zero-order valence-electron chi connectivity index (χ0n) is 20.7. The summed E-state index contributed by atoms with van der Waals surface area (Å²) in [7, 11) is 0. The monoisotopic (exact) mass is 494 g/mol. The van der Waals surface area contributed by atoms with Crippen molar-refractivity contribution in [3.63, 3.8) is 0 Å². The van der Waals surface area contributed by atoms with Crippen molar-refractivity contribution in [3.05, 3.63) is 84.0 Å². The molecule has 5 nitrogen and oxygen atoms in total. The molecule has 7 heteroatoms. The van der Waals surface area contributed by atoms with Crippen molar-refractivity contribution in [2.45, 2.75) is 32.6 Å². The van der Waals surface area contributed by atoms with Gasteiger partial charge in [-0.15, -0.1) is 31.2 Å². The van der Waals surface area contributed by atoms with E-state index in [0.29, 0.717) is 5.56 Å². The average Bonchev–Trinajstić information content (AvgIpc) is 3.65. The van der Waals surface area contributed by atoms with Gasteiger partial charge in [0.05, 0.1) is 23.4 Å². The predicted octanol–water partition coefficient (Wildman–Crippen LogP) is 6.13. The van der Waals surface area contributed by atoms with E-state index in [0.717, 1.165) is 42.3 Å². The van der Waals surface area contributed by atoms with Gasteiger partial charge in [-0.3, -0.25) is 4.90 Å². The second kappa shape index (κ2) is 14.4. The number of allylic oxidation sites excluding steroid dienone is 1. The summed E-state index contributed by atoms with van der Waals surface area (Å²) in [6.07, 6.45) is 16.7. The Labute approximate surface area is 212 Å². The van der Waals surface area contributed by atoms with Gasteiger partial charge in [0.2, 0.25) is 0 Å². The number of nitrogens with one attached hydrogen (secondary N) is 1. The Hall–Kier alpha value is -3.05. The second-order valence-corrected chi connectivity index (χ2v) is 9.20. The van der Waals surface area contributed by atoms with E-state index in [1.165, 1.54) is 23.3 Å². The minimum absolute atomic E-state index is 0.0833. The van der Waals surface area contributed by atoms with Crippen LogP contribution in [0.4, 0.5) is 4.39 Å². The highest BCUT2D eigenvalue weighted by molar-refractivity contribution is 7.99. The maximum absolute atomic E-state index is 13.7. The highest BCUT2D eigenvalue weighted by atomic mass is 32.2. The number of halogens is 1. The molecule has 0 amide bonds. The van der Waals surface area contributed by atoms with Gasteiger partial charge >= 0.3 is 0 Å². The number of nitrogens with zero attached hydrogens (tertiary/aromatic N) is 3. The molecule has 4 rings (SSSR count). The summed E-state index contributed by atoms with van der Waals surface area (Å²) in [6.45, 7) is 11.5. The maximum Gasteiger partial charge on any atom is 0.126 e. The van der Waals surface area contributed by atoms with Crippen molar-refractivity contribution in [1.29, 1.82) is 0 Å². The SMILES string of the molecule is C#C.C/C=C(\C)CCN1CCSC1c1cn(-c2ccc(F)c(C)c2)nc1-c1ccc[nH]1.C=CCO. The summed E-state index contributed by atoms with van der Waals surface area (Å²) in [4.78, 5) is 5.85. The molecule has 3 heterocycles. The Bertz CT molecular complexity index is 1120. The summed E-state index contributed by atoms with van der Waals surface area (Å²) < 4.78 is 15.6. The first-order valence-corrected chi connectivity index (χ1v) is 12.6. The maximum atomic E-state index is 13.7. The first kappa shape index (κ1) is 28.2. The highest BCUT2D eigenvalue weighted by Crippen LogP contribution is 2.42. The van der Waals surface area contributed by atoms with Crippen molar-refractivity contribution < 1.29 is 9.50 Å². The van der Waals surface area contributed by atoms with Crippen LogP contribution in [0.3, 0.4) is 0 Å². The minimum atomic E-state index is -0.192. The van der Waals surface area contributed by atoms with Crippen LogP contribution in [0.25, 0.3) is 17.1 Å². The quantitative estimate of drug-likeness (QED) is 0.306. The van der Waals surface area contributed by atoms with Crippen LogP contribution >= 0.6 is 11.8 Å². The molecule has 0 spiro atoms. The Kier molecular flexibility index (Phi) is 11.6. The number of benzene rings is 1. The molecule has 1 unspecified atom stereocenters. The molecular formula is C28H35FN4OS. The molecule has 1 aliphatic rings. The summed E-state index contributed by atoms with van der Waals surface area (Å²) in [6, 6.07) is 9.19. The average molecular weight is 495 g/mol. The lowest BCUT2D eigenvalue weighted by Crippen LogP contribution is -2.24. The van der Waals surface area contributed by atoms with Gasteiger partial charge in [-0.05, 0) is 63.1 Å². The van der Waals surface area contributed by atoms with Crippen LogP contribution in [0.5, 0.6) is 0 Å². The number of aromatic amines is 1. The number of aliphatic hydroxyl groups is 1. The van der Waals surface area contributed by atoms with Crippen LogP contribution in [0.15, 0.2) is 67.0 Å². The van der Waals surface area contributed by atoms with Crippen molar-refractivity contribution in [2.24, 2.45) is 0 Å². The van der Waals surface area contributed by atoms with Crippen molar-refractivity contribution in [1.82, 2.24) is 19.7 Å². The van der Waals surface area contributed by atoms with Gasteiger partial charge in [-0.2, -0.15) is 5.10 Å². The number of aliphatic hydroxyl groups excluding tert-OH is 1. The van der Waals surface area contributed by atoms with Gasteiger partial charge in [0.15, 0.2) is 0 Å². The molecule has 1 aromatic carbocycles. The first-order valence-electron chi connectivity index (χ1n) is 11.5. The number of rotatable bonds is 7. The fourth-order valence-corrected chi connectivity index (χ4v) is 4.98. The lowest BCUT2D eigenvalue weighted by molar-refractivity contribution is 0.294. The van der Waals surface area contributed by atoms with Gasteiger partial charge in [0, 0.05) is 36.8 Å². The molecule has 1 saturated heterocycles. The molecule has 186 valence electrons. The fourth-order valence-electron chi connectivity index (χ4n) is 3.64. The topological polar surface area (TPSA) is 57.1 Å². The van der Waals surface area contributed by atoms with Gasteiger partial charge < -0.3 is 10.1 Å². The minimum Gasteiger partial charge on any atom is -0.392 e. The molecule has 0 radical (unpaired) electrons. The third kappa shape index (κ3) is 7.46. The highest BCUT2D eigenvalue weighted by Gasteiger charge is 2.31. The summed E-state index contributed by atoms with van der Waals surface area (Å²) in [5.41, 5.74) is 6.10. The molecule has 35 heavy (non-hydrogen) atoms. The van der Waals surface area contributed by atoms with Crippen LogP contribution in [0, 0.1) is 25.6 Å². The lowest BCUT2D eigenvalue weighted by atomic mass is 10.1. The Morgan fingerprint density at radius 1 is 1.37 bits per heavy atom. The van der Waals surface area contributed by atoms with E-state index >= 15 is 0 Å². The number of H-pyrrole nitrogens is 1. The molecule has 2 aromatic heterocycles. The largest absolute Gasteiger partial charge is 0.392 e. The standard InChI is InChI=1S/C23H27FN4S.C3H6O.C2H2/c1-4-16(2)9-11-27-12-13-29-23(27)19-15-28(18-7-8-20(24)17(3)14-18)26-22(19)21-6-5-10-25-21;1-2-3-4;1-2/h4-8,10,14-15,23,25H,9,11-13H2,1-3H3;2,4H,1,3H2;1-2H/b16-4+;;. The van der Waals surface area contributed by atoms with Crippen molar-refractivity contribution >= 4 is 11.8 Å². The fraction of sp³-hybridized carbons (Fsp3) is 0.321. The molecule has 3 aromatic rings. The van der Waals surface area contributed by atoms with Crippen LogP contribution in [0.1, 0.15) is 36.8 Å². The summed E-state index contributed by atoms with van der Waals surface area (Å²) >= 11 is 1.97. The van der Waals surface area contributed by atoms with E-state index in [1.54, 1.807) is 13.0 Å². The Morgan fingerprint density at radius 2 is 2.11 bits per heavy atom. The van der Waals surface area contributed by atoms with Crippen LogP contribution in [-0.4, -0.2) is 50.2 Å². The Balaban J connectivity index is 0.000000655. The summed E-state index contributed by atoms with van der Waals surface area (Å²) in [5.74, 6) is 0.924. The molecule has 1 atom stereocenters. The smallest absolute Gasteiger partial charge is 0.126 e. The number of aromatic nitrogens is 3.